The highest BCUT2D eigenvalue weighted by Gasteiger charge is 2.36. The zero-order valence-electron chi connectivity index (χ0n) is 21.4. The quantitative estimate of drug-likeness (QED) is 0.341. The molecule has 1 N–H and O–H groups in total. The number of aryl methyl sites for hydroxylation is 2. The van der Waals surface area contributed by atoms with Gasteiger partial charge in [0, 0.05) is 22.8 Å². The average molecular weight is 509 g/mol. The van der Waals surface area contributed by atoms with E-state index in [4.69, 9.17) is 0 Å². The molecule has 0 radical (unpaired) electrons. The molecule has 1 aliphatic rings. The van der Waals surface area contributed by atoms with Gasteiger partial charge in [0.25, 0.3) is 5.56 Å². The van der Waals surface area contributed by atoms with Crippen LogP contribution in [0.3, 0.4) is 0 Å². The van der Waals surface area contributed by atoms with E-state index in [2.05, 4.69) is 45.3 Å². The van der Waals surface area contributed by atoms with E-state index in [1.807, 2.05) is 54.6 Å². The van der Waals surface area contributed by atoms with Crippen molar-refractivity contribution in [2.45, 2.75) is 51.7 Å². The van der Waals surface area contributed by atoms with Gasteiger partial charge in [-0.15, -0.1) is 5.10 Å². The van der Waals surface area contributed by atoms with Crippen molar-refractivity contribution in [3.63, 3.8) is 0 Å². The molecule has 0 unspecified atom stereocenters. The number of tetrazole rings is 1. The van der Waals surface area contributed by atoms with Crippen LogP contribution in [0.2, 0.25) is 0 Å². The second-order valence-corrected chi connectivity index (χ2v) is 9.98. The molecular weight excluding hydrogens is 479 g/mol. The molecule has 0 spiro atoms. The lowest BCUT2D eigenvalue weighted by Crippen LogP contribution is -2.43. The van der Waals surface area contributed by atoms with Gasteiger partial charge in [-0.25, -0.2) is 9.07 Å². The largest absolute Gasteiger partial charge is 0.354 e. The van der Waals surface area contributed by atoms with Crippen molar-refractivity contribution in [2.75, 3.05) is 4.90 Å². The molecule has 192 valence electrons. The Kier molecular flexibility index (Phi) is 6.23. The number of rotatable bonds is 6. The van der Waals surface area contributed by atoms with E-state index in [9.17, 15) is 9.18 Å². The molecule has 0 amide bonds. The third-order valence-electron chi connectivity index (χ3n) is 7.52. The SMILES string of the molecule is CCc1ccc2[nH]c(=O)c([C@@H](c3nnnn3Cc3ccccc3)N3c4ccc(F)cc4CC[C@H]3C)cc2c1. The summed E-state index contributed by atoms with van der Waals surface area (Å²) in [6.07, 6.45) is 2.48. The lowest BCUT2D eigenvalue weighted by molar-refractivity contribution is 0.491. The zero-order chi connectivity index (χ0) is 26.2. The second kappa shape index (κ2) is 9.85. The van der Waals surface area contributed by atoms with E-state index in [-0.39, 0.29) is 17.4 Å². The maximum atomic E-state index is 14.2. The van der Waals surface area contributed by atoms with Crippen LogP contribution >= 0.6 is 0 Å². The molecule has 0 saturated heterocycles. The van der Waals surface area contributed by atoms with E-state index in [0.717, 1.165) is 47.0 Å². The van der Waals surface area contributed by atoms with Gasteiger partial charge in [-0.05, 0) is 95.1 Å². The molecule has 5 aromatic rings. The minimum absolute atomic E-state index is 0.0666. The lowest BCUT2D eigenvalue weighted by Gasteiger charge is -2.42. The highest BCUT2D eigenvalue weighted by atomic mass is 19.1. The molecule has 2 atom stereocenters. The maximum Gasteiger partial charge on any atom is 0.254 e. The number of hydrogen-bond acceptors (Lipinski definition) is 5. The second-order valence-electron chi connectivity index (χ2n) is 9.98. The Morgan fingerprint density at radius 1 is 1.05 bits per heavy atom. The molecule has 3 heterocycles. The summed E-state index contributed by atoms with van der Waals surface area (Å²) in [4.78, 5) is 19.0. The monoisotopic (exact) mass is 508 g/mol. The lowest BCUT2D eigenvalue weighted by atomic mass is 9.92. The topological polar surface area (TPSA) is 79.7 Å². The number of aromatic nitrogens is 5. The molecule has 8 heteroatoms. The smallest absolute Gasteiger partial charge is 0.254 e. The first-order valence-electron chi connectivity index (χ1n) is 13.0. The molecule has 0 fully saturated rings. The van der Waals surface area contributed by atoms with Gasteiger partial charge in [-0.3, -0.25) is 4.79 Å². The molecule has 7 nitrogen and oxygen atoms in total. The third kappa shape index (κ3) is 4.36. The molecule has 2 aromatic heterocycles. The number of pyridine rings is 1. The summed E-state index contributed by atoms with van der Waals surface area (Å²) >= 11 is 0. The fourth-order valence-corrected chi connectivity index (χ4v) is 5.53. The molecule has 0 bridgehead atoms. The number of aromatic amines is 1. The van der Waals surface area contributed by atoms with Crippen LogP contribution in [0.5, 0.6) is 0 Å². The summed E-state index contributed by atoms with van der Waals surface area (Å²) in [5, 5.41) is 13.8. The Balaban J connectivity index is 1.57. The van der Waals surface area contributed by atoms with Crippen LogP contribution in [0.15, 0.2) is 77.6 Å². The molecule has 6 rings (SSSR count). The Morgan fingerprint density at radius 3 is 2.71 bits per heavy atom. The summed E-state index contributed by atoms with van der Waals surface area (Å²) in [5.74, 6) is 0.300. The van der Waals surface area contributed by atoms with Crippen LogP contribution in [0.25, 0.3) is 10.9 Å². The number of nitrogens with zero attached hydrogens (tertiary/aromatic N) is 5. The summed E-state index contributed by atoms with van der Waals surface area (Å²) in [6.45, 7) is 4.71. The van der Waals surface area contributed by atoms with Crippen molar-refractivity contribution in [2.24, 2.45) is 0 Å². The van der Waals surface area contributed by atoms with Gasteiger partial charge in [-0.1, -0.05) is 43.3 Å². The van der Waals surface area contributed by atoms with E-state index >= 15 is 0 Å². The third-order valence-corrected chi connectivity index (χ3v) is 7.52. The molecule has 3 aromatic carbocycles. The summed E-state index contributed by atoms with van der Waals surface area (Å²) < 4.78 is 16.0. The molecule has 0 aliphatic carbocycles. The number of nitrogens with one attached hydrogen (secondary N) is 1. The highest BCUT2D eigenvalue weighted by molar-refractivity contribution is 5.80. The zero-order valence-corrected chi connectivity index (χ0v) is 21.4. The van der Waals surface area contributed by atoms with E-state index < -0.39 is 6.04 Å². The molecule has 0 saturated carbocycles. The first-order chi connectivity index (χ1) is 18.5. The van der Waals surface area contributed by atoms with Gasteiger partial charge in [0.05, 0.1) is 6.54 Å². The van der Waals surface area contributed by atoms with Gasteiger partial charge in [0.1, 0.15) is 11.9 Å². The van der Waals surface area contributed by atoms with Crippen molar-refractivity contribution in [1.29, 1.82) is 0 Å². The van der Waals surface area contributed by atoms with Crippen molar-refractivity contribution in [3.8, 4) is 0 Å². The Morgan fingerprint density at radius 2 is 1.89 bits per heavy atom. The van der Waals surface area contributed by atoms with Crippen molar-refractivity contribution >= 4 is 16.6 Å². The number of H-pyrrole nitrogens is 1. The fraction of sp³-hybridized carbons (Fsp3) is 0.267. The molecular formula is C30H29FN6O. The first-order valence-corrected chi connectivity index (χ1v) is 13.0. The summed E-state index contributed by atoms with van der Waals surface area (Å²) in [7, 11) is 0. The summed E-state index contributed by atoms with van der Waals surface area (Å²) in [6, 6.07) is 22.4. The number of hydrogen-bond donors (Lipinski definition) is 1. The highest BCUT2D eigenvalue weighted by Crippen LogP contribution is 2.40. The van der Waals surface area contributed by atoms with Crippen LogP contribution in [0.4, 0.5) is 10.1 Å². The Bertz CT molecular complexity index is 1660. The minimum Gasteiger partial charge on any atom is -0.354 e. The molecule has 38 heavy (non-hydrogen) atoms. The van der Waals surface area contributed by atoms with Crippen molar-refractivity contribution in [3.05, 3.63) is 117 Å². The van der Waals surface area contributed by atoms with Crippen LogP contribution in [0, 0.1) is 5.82 Å². The van der Waals surface area contributed by atoms with E-state index in [1.54, 1.807) is 10.7 Å². The van der Waals surface area contributed by atoms with Crippen LogP contribution in [0.1, 0.15) is 54.4 Å². The van der Waals surface area contributed by atoms with Crippen LogP contribution in [-0.4, -0.2) is 31.2 Å². The standard InChI is InChI=1S/C30H29FN6O/c1-3-20-10-13-26-23(15-20)17-25(30(38)32-26)28(29-33-34-35-36(29)18-21-7-5-4-6-8-21)37-19(2)9-11-22-16-24(31)12-14-27(22)37/h4-8,10,12-17,19,28H,3,9,11,18H2,1-2H3,(H,32,38)/t19-,28+/m1/s1. The van der Waals surface area contributed by atoms with Crippen LogP contribution in [-0.2, 0) is 19.4 Å². The van der Waals surface area contributed by atoms with Gasteiger partial charge >= 0.3 is 0 Å². The van der Waals surface area contributed by atoms with Crippen molar-refractivity contribution in [1.82, 2.24) is 25.2 Å². The number of benzene rings is 3. The number of halogens is 1. The van der Waals surface area contributed by atoms with Gasteiger partial charge < -0.3 is 9.88 Å². The predicted molar refractivity (Wildman–Crippen MR) is 146 cm³/mol. The predicted octanol–water partition coefficient (Wildman–Crippen LogP) is 5.20. The Labute approximate surface area is 219 Å². The van der Waals surface area contributed by atoms with Gasteiger partial charge in [0.15, 0.2) is 5.82 Å². The Hall–Kier alpha value is -4.33. The maximum absolute atomic E-state index is 14.2. The van der Waals surface area contributed by atoms with E-state index in [1.165, 1.54) is 11.6 Å². The minimum atomic E-state index is -0.577. The van der Waals surface area contributed by atoms with Crippen LogP contribution < -0.4 is 10.5 Å². The number of fused-ring (bicyclic) bond motifs is 2. The first kappa shape index (κ1) is 24.0. The van der Waals surface area contributed by atoms with E-state index in [0.29, 0.717) is 17.9 Å². The number of anilines is 1. The fourth-order valence-electron chi connectivity index (χ4n) is 5.53. The molecule has 1 aliphatic heterocycles. The van der Waals surface area contributed by atoms with Crippen molar-refractivity contribution < 1.29 is 4.39 Å². The van der Waals surface area contributed by atoms with Gasteiger partial charge in [0.2, 0.25) is 0 Å². The normalized spacial score (nSPS) is 16.0. The van der Waals surface area contributed by atoms with Gasteiger partial charge in [-0.2, -0.15) is 0 Å². The average Bonchev–Trinajstić information content (AvgIpc) is 3.38. The summed E-state index contributed by atoms with van der Waals surface area (Å²) in [5.41, 5.74) is 5.20.